The van der Waals surface area contributed by atoms with Gasteiger partial charge in [-0.15, -0.1) is 0 Å². The maximum absolute atomic E-state index is 12.1. The fourth-order valence-electron chi connectivity index (χ4n) is 4.01. The molecule has 1 saturated heterocycles. The third kappa shape index (κ3) is 3.25. The summed E-state index contributed by atoms with van der Waals surface area (Å²) in [6.07, 6.45) is 6.64. The quantitative estimate of drug-likeness (QED) is 0.812. The number of carbonyl (C=O) groups excluding carboxylic acids is 1. The number of hydrogen-bond donors (Lipinski definition) is 2. The van der Waals surface area contributed by atoms with Crippen LogP contribution in [-0.2, 0) is 9.53 Å². The Labute approximate surface area is 127 Å². The van der Waals surface area contributed by atoms with Crippen molar-refractivity contribution in [1.29, 1.82) is 0 Å². The molecule has 2 saturated carbocycles. The Bertz CT molecular complexity index is 399. The highest BCUT2D eigenvalue weighted by atomic mass is 16.5. The molecule has 0 aromatic rings. The molecule has 21 heavy (non-hydrogen) atoms. The number of nitrogens with two attached hydrogens (primary N) is 1. The molecule has 0 spiro atoms. The average molecular weight is 295 g/mol. The standard InChI is InChI=1S/C16H29N3O2/c1-11-10-21-12(2)9-19(11)14-4-3-7-16(8-14,15(17)20)18-13-5-6-13/h11-14,18H,3-10H2,1-2H3,(H2,17,20). The van der Waals surface area contributed by atoms with Gasteiger partial charge in [-0.3, -0.25) is 9.69 Å². The summed E-state index contributed by atoms with van der Waals surface area (Å²) in [5, 5.41) is 3.57. The molecule has 0 aromatic heterocycles. The number of amides is 1. The predicted molar refractivity (Wildman–Crippen MR) is 81.9 cm³/mol. The molecule has 3 aliphatic rings. The number of morpholine rings is 1. The number of nitrogens with one attached hydrogen (secondary N) is 1. The molecule has 2 aliphatic carbocycles. The zero-order valence-electron chi connectivity index (χ0n) is 13.3. The van der Waals surface area contributed by atoms with Crippen molar-refractivity contribution >= 4 is 5.91 Å². The fourth-order valence-corrected chi connectivity index (χ4v) is 4.01. The first-order chi connectivity index (χ1) is 10.00. The number of ether oxygens (including phenoxy) is 1. The van der Waals surface area contributed by atoms with Crippen LogP contribution >= 0.6 is 0 Å². The summed E-state index contributed by atoms with van der Waals surface area (Å²) >= 11 is 0. The molecular formula is C16H29N3O2. The van der Waals surface area contributed by atoms with Crippen molar-refractivity contribution < 1.29 is 9.53 Å². The third-order valence-corrected chi connectivity index (χ3v) is 5.38. The van der Waals surface area contributed by atoms with E-state index in [0.29, 0.717) is 18.1 Å². The van der Waals surface area contributed by atoms with Gasteiger partial charge in [-0.05, 0) is 52.4 Å². The first kappa shape index (κ1) is 15.3. The van der Waals surface area contributed by atoms with Crippen LogP contribution in [0.2, 0.25) is 0 Å². The number of carbonyl (C=O) groups is 1. The Balaban J connectivity index is 1.72. The van der Waals surface area contributed by atoms with Gasteiger partial charge in [-0.25, -0.2) is 0 Å². The number of rotatable bonds is 4. The van der Waals surface area contributed by atoms with Crippen LogP contribution in [0.1, 0.15) is 52.4 Å². The van der Waals surface area contributed by atoms with Crippen LogP contribution in [0.5, 0.6) is 0 Å². The lowest BCUT2D eigenvalue weighted by molar-refractivity contribution is -0.128. The van der Waals surface area contributed by atoms with Gasteiger partial charge in [0.2, 0.25) is 5.91 Å². The van der Waals surface area contributed by atoms with Crippen molar-refractivity contribution in [2.75, 3.05) is 13.2 Å². The van der Waals surface area contributed by atoms with Gasteiger partial charge in [0.25, 0.3) is 0 Å². The molecule has 3 N–H and O–H groups in total. The molecule has 4 atom stereocenters. The zero-order valence-corrected chi connectivity index (χ0v) is 13.3. The van der Waals surface area contributed by atoms with Gasteiger partial charge in [0.15, 0.2) is 0 Å². The van der Waals surface area contributed by atoms with E-state index in [0.717, 1.165) is 32.4 Å². The lowest BCUT2D eigenvalue weighted by Gasteiger charge is -2.48. The normalized spacial score (nSPS) is 41.9. The van der Waals surface area contributed by atoms with Gasteiger partial charge in [-0.2, -0.15) is 0 Å². The predicted octanol–water partition coefficient (Wildman–Crippen LogP) is 1.01. The Morgan fingerprint density at radius 1 is 1.33 bits per heavy atom. The van der Waals surface area contributed by atoms with Crippen LogP contribution in [-0.4, -0.2) is 53.7 Å². The first-order valence-electron chi connectivity index (χ1n) is 8.45. The SMILES string of the molecule is CC1CN(C2CCCC(NC3CC3)(C(N)=O)C2)C(C)CO1. The van der Waals surface area contributed by atoms with Crippen LogP contribution in [0.4, 0.5) is 0 Å². The second-order valence-electron chi connectivity index (χ2n) is 7.30. The maximum Gasteiger partial charge on any atom is 0.237 e. The second kappa shape index (κ2) is 5.86. The fraction of sp³-hybridized carbons (Fsp3) is 0.938. The molecule has 0 aromatic carbocycles. The van der Waals surface area contributed by atoms with Crippen molar-refractivity contribution in [3.05, 3.63) is 0 Å². The van der Waals surface area contributed by atoms with Gasteiger partial charge in [0.05, 0.1) is 18.2 Å². The van der Waals surface area contributed by atoms with Crippen molar-refractivity contribution in [2.45, 2.75) is 82.1 Å². The van der Waals surface area contributed by atoms with Crippen molar-refractivity contribution in [3.8, 4) is 0 Å². The topological polar surface area (TPSA) is 67.6 Å². The van der Waals surface area contributed by atoms with Crippen molar-refractivity contribution in [1.82, 2.24) is 10.2 Å². The third-order valence-electron chi connectivity index (χ3n) is 5.38. The highest BCUT2D eigenvalue weighted by Gasteiger charge is 2.46. The monoisotopic (exact) mass is 295 g/mol. The molecule has 1 heterocycles. The largest absolute Gasteiger partial charge is 0.376 e. The van der Waals surface area contributed by atoms with E-state index in [1.165, 1.54) is 19.3 Å². The van der Waals surface area contributed by atoms with Crippen molar-refractivity contribution in [3.63, 3.8) is 0 Å². The minimum Gasteiger partial charge on any atom is -0.376 e. The van der Waals surface area contributed by atoms with Gasteiger partial charge < -0.3 is 15.8 Å². The summed E-state index contributed by atoms with van der Waals surface area (Å²) in [5.74, 6) is -0.159. The molecule has 0 bridgehead atoms. The van der Waals surface area contributed by atoms with Crippen LogP contribution in [0.3, 0.4) is 0 Å². The average Bonchev–Trinajstić information content (AvgIpc) is 3.25. The van der Waals surface area contributed by atoms with Crippen LogP contribution in [0, 0.1) is 0 Å². The molecule has 0 radical (unpaired) electrons. The van der Waals surface area contributed by atoms with E-state index in [4.69, 9.17) is 10.5 Å². The molecule has 1 amide bonds. The van der Waals surface area contributed by atoms with Crippen molar-refractivity contribution in [2.24, 2.45) is 5.73 Å². The van der Waals surface area contributed by atoms with E-state index in [9.17, 15) is 4.79 Å². The second-order valence-corrected chi connectivity index (χ2v) is 7.30. The molecule has 120 valence electrons. The van der Waals surface area contributed by atoms with E-state index in [1.54, 1.807) is 0 Å². The van der Waals surface area contributed by atoms with Crippen LogP contribution in [0.15, 0.2) is 0 Å². The highest BCUT2D eigenvalue weighted by molar-refractivity contribution is 5.85. The molecule has 4 unspecified atom stereocenters. The Kier molecular flexibility index (Phi) is 4.26. The molecular weight excluding hydrogens is 266 g/mol. The van der Waals surface area contributed by atoms with E-state index < -0.39 is 5.54 Å². The summed E-state index contributed by atoms with van der Waals surface area (Å²) in [7, 11) is 0. The highest BCUT2D eigenvalue weighted by Crippen LogP contribution is 2.36. The van der Waals surface area contributed by atoms with Crippen LogP contribution in [0.25, 0.3) is 0 Å². The lowest BCUT2D eigenvalue weighted by atomic mass is 9.77. The van der Waals surface area contributed by atoms with E-state index in [-0.39, 0.29) is 12.0 Å². The Morgan fingerprint density at radius 3 is 2.76 bits per heavy atom. The molecule has 3 fully saturated rings. The smallest absolute Gasteiger partial charge is 0.237 e. The van der Waals surface area contributed by atoms with E-state index in [2.05, 4.69) is 24.1 Å². The summed E-state index contributed by atoms with van der Waals surface area (Å²) < 4.78 is 5.74. The number of hydrogen-bond acceptors (Lipinski definition) is 4. The molecule has 3 rings (SSSR count). The first-order valence-corrected chi connectivity index (χ1v) is 8.45. The number of nitrogens with zero attached hydrogens (tertiary/aromatic N) is 1. The summed E-state index contributed by atoms with van der Waals surface area (Å²) in [6, 6.07) is 1.38. The van der Waals surface area contributed by atoms with Gasteiger partial charge >= 0.3 is 0 Å². The van der Waals surface area contributed by atoms with Gasteiger partial charge in [0, 0.05) is 24.7 Å². The van der Waals surface area contributed by atoms with Gasteiger partial charge in [0.1, 0.15) is 0 Å². The van der Waals surface area contributed by atoms with E-state index in [1.807, 2.05) is 0 Å². The van der Waals surface area contributed by atoms with E-state index >= 15 is 0 Å². The number of primary amides is 1. The maximum atomic E-state index is 12.1. The zero-order chi connectivity index (χ0) is 15.0. The minimum atomic E-state index is -0.481. The minimum absolute atomic E-state index is 0.159. The lowest BCUT2D eigenvalue weighted by Crippen LogP contribution is -2.63. The summed E-state index contributed by atoms with van der Waals surface area (Å²) in [5.41, 5.74) is 5.31. The van der Waals surface area contributed by atoms with Crippen LogP contribution < -0.4 is 11.1 Å². The van der Waals surface area contributed by atoms with Gasteiger partial charge in [-0.1, -0.05) is 0 Å². The Morgan fingerprint density at radius 2 is 2.10 bits per heavy atom. The molecule has 5 nitrogen and oxygen atoms in total. The summed E-state index contributed by atoms with van der Waals surface area (Å²) in [6.45, 7) is 6.10. The Hall–Kier alpha value is -0.650. The molecule has 1 aliphatic heterocycles. The molecule has 5 heteroatoms. The summed E-state index contributed by atoms with van der Waals surface area (Å²) in [4.78, 5) is 14.7.